The Labute approximate surface area is 165 Å². The Hall–Kier alpha value is -2.38. The van der Waals surface area contributed by atoms with E-state index in [0.29, 0.717) is 18.0 Å². The minimum atomic E-state index is -0.121. The van der Waals surface area contributed by atoms with Crippen LogP contribution in [0.15, 0.2) is 35.7 Å². The fraction of sp³-hybridized carbons (Fsp3) is 0.400. The Morgan fingerprint density at radius 3 is 2.37 bits per heavy atom. The zero-order valence-corrected chi connectivity index (χ0v) is 17.5. The van der Waals surface area contributed by atoms with Crippen LogP contribution in [0.5, 0.6) is 0 Å². The fourth-order valence-corrected chi connectivity index (χ4v) is 3.32. The number of carbonyl (C=O) groups is 2. The van der Waals surface area contributed by atoms with Crippen molar-refractivity contribution in [1.82, 2.24) is 9.80 Å². The Balaban J connectivity index is 2.23. The van der Waals surface area contributed by atoms with Crippen molar-refractivity contribution in [3.63, 3.8) is 0 Å². The van der Waals surface area contributed by atoms with Gasteiger partial charge in [0.25, 0.3) is 5.91 Å². The van der Waals surface area contributed by atoms with Gasteiger partial charge >= 0.3 is 0 Å². The second-order valence-corrected chi connectivity index (χ2v) is 7.86. The van der Waals surface area contributed by atoms with E-state index < -0.39 is 0 Å². The molecule has 27 heavy (non-hydrogen) atoms. The molecule has 1 aromatic heterocycles. The first kappa shape index (κ1) is 20.9. The number of amides is 2. The molecule has 1 aromatic carbocycles. The summed E-state index contributed by atoms with van der Waals surface area (Å²) in [6.07, 6.45) is 0. The maximum atomic E-state index is 12.3. The van der Waals surface area contributed by atoms with Crippen molar-refractivity contribution in [3.8, 4) is 0 Å². The van der Waals surface area contributed by atoms with Gasteiger partial charge in [-0.1, -0.05) is 6.07 Å². The normalized spacial score (nSPS) is 10.7. The molecular formula is C20H28N4O2S. The van der Waals surface area contributed by atoms with E-state index in [9.17, 15) is 9.59 Å². The van der Waals surface area contributed by atoms with Crippen LogP contribution in [0.1, 0.15) is 22.2 Å². The number of anilines is 2. The Bertz CT molecular complexity index is 772. The van der Waals surface area contributed by atoms with Crippen LogP contribution in [-0.2, 0) is 11.3 Å². The summed E-state index contributed by atoms with van der Waals surface area (Å²) >= 11 is 1.41. The zero-order chi connectivity index (χ0) is 20.0. The first-order chi connectivity index (χ1) is 12.8. The predicted octanol–water partition coefficient (Wildman–Crippen LogP) is 2.98. The van der Waals surface area contributed by atoms with E-state index in [1.807, 2.05) is 67.6 Å². The van der Waals surface area contributed by atoms with Crippen LogP contribution < -0.4 is 10.2 Å². The van der Waals surface area contributed by atoms with E-state index in [0.717, 1.165) is 23.5 Å². The van der Waals surface area contributed by atoms with Gasteiger partial charge in [0.2, 0.25) is 5.91 Å². The number of thiophene rings is 1. The highest BCUT2D eigenvalue weighted by Crippen LogP contribution is 2.25. The predicted molar refractivity (Wildman–Crippen MR) is 113 cm³/mol. The van der Waals surface area contributed by atoms with Crippen LogP contribution in [0.2, 0.25) is 0 Å². The van der Waals surface area contributed by atoms with Gasteiger partial charge in [0, 0.05) is 52.0 Å². The van der Waals surface area contributed by atoms with Gasteiger partial charge in [-0.15, -0.1) is 11.3 Å². The van der Waals surface area contributed by atoms with E-state index in [-0.39, 0.29) is 11.8 Å². The summed E-state index contributed by atoms with van der Waals surface area (Å²) in [4.78, 5) is 31.0. The van der Waals surface area contributed by atoms with Crippen molar-refractivity contribution in [3.05, 3.63) is 46.2 Å². The summed E-state index contributed by atoms with van der Waals surface area (Å²) in [7, 11) is 7.93. The minimum Gasteiger partial charge on any atom is -0.377 e. The van der Waals surface area contributed by atoms with Crippen molar-refractivity contribution >= 4 is 34.5 Å². The van der Waals surface area contributed by atoms with Gasteiger partial charge in [0.05, 0.1) is 4.88 Å². The molecule has 2 rings (SSSR count). The molecule has 0 unspecified atom stereocenters. The summed E-state index contributed by atoms with van der Waals surface area (Å²) < 4.78 is 0. The number of likely N-dealkylation sites (N-methyl/N-ethyl adjacent to an activating group) is 1. The molecule has 0 fully saturated rings. The molecule has 1 N–H and O–H groups in total. The molecule has 0 aliphatic carbocycles. The molecule has 6 nitrogen and oxygen atoms in total. The molecule has 0 bridgehead atoms. The van der Waals surface area contributed by atoms with Crippen LogP contribution in [0.4, 0.5) is 11.4 Å². The molecule has 0 aliphatic heterocycles. The molecule has 1 heterocycles. The van der Waals surface area contributed by atoms with Crippen LogP contribution in [0.3, 0.4) is 0 Å². The van der Waals surface area contributed by atoms with Crippen molar-refractivity contribution in [2.45, 2.75) is 13.5 Å². The number of carbonyl (C=O) groups excluding carboxylic acids is 2. The lowest BCUT2D eigenvalue weighted by Gasteiger charge is -2.26. The molecule has 2 amide bonds. The molecule has 0 atom stereocenters. The Kier molecular flexibility index (Phi) is 7.38. The molecule has 0 spiro atoms. The number of nitrogens with zero attached hydrogens (tertiary/aromatic N) is 3. The molecule has 0 saturated carbocycles. The van der Waals surface area contributed by atoms with E-state index >= 15 is 0 Å². The van der Waals surface area contributed by atoms with Crippen molar-refractivity contribution < 1.29 is 9.59 Å². The highest BCUT2D eigenvalue weighted by Gasteiger charge is 2.15. The smallest absolute Gasteiger partial charge is 0.265 e. The van der Waals surface area contributed by atoms with Crippen molar-refractivity contribution in [2.75, 3.05) is 51.5 Å². The van der Waals surface area contributed by atoms with Crippen molar-refractivity contribution in [1.29, 1.82) is 0 Å². The van der Waals surface area contributed by atoms with Gasteiger partial charge in [-0.2, -0.15) is 0 Å². The number of hydrogen-bond acceptors (Lipinski definition) is 5. The molecule has 0 saturated heterocycles. The molecule has 0 radical (unpaired) electrons. The van der Waals surface area contributed by atoms with Crippen LogP contribution >= 0.6 is 11.3 Å². The first-order valence-corrected chi connectivity index (χ1v) is 9.71. The topological polar surface area (TPSA) is 55.9 Å². The first-order valence-electron chi connectivity index (χ1n) is 8.83. The van der Waals surface area contributed by atoms with Gasteiger partial charge in [0.1, 0.15) is 0 Å². The molecule has 2 aromatic rings. The van der Waals surface area contributed by atoms with Crippen LogP contribution in [0, 0.1) is 0 Å². The monoisotopic (exact) mass is 388 g/mol. The Morgan fingerprint density at radius 1 is 1.07 bits per heavy atom. The minimum absolute atomic E-state index is 0.0366. The average Bonchev–Trinajstić information content (AvgIpc) is 3.12. The van der Waals surface area contributed by atoms with Gasteiger partial charge in [-0.05, 0) is 49.3 Å². The van der Waals surface area contributed by atoms with E-state index in [1.165, 1.54) is 11.3 Å². The lowest BCUT2D eigenvalue weighted by molar-refractivity contribution is -0.129. The fourth-order valence-electron chi connectivity index (χ4n) is 2.70. The quantitative estimate of drug-likeness (QED) is 0.755. The summed E-state index contributed by atoms with van der Waals surface area (Å²) in [6.45, 7) is 3.54. The third-order valence-electron chi connectivity index (χ3n) is 4.19. The summed E-state index contributed by atoms with van der Waals surface area (Å²) in [5.41, 5.74) is 2.75. The summed E-state index contributed by atoms with van der Waals surface area (Å²) in [6, 6.07) is 9.47. The SMILES string of the molecule is CC(=O)N(CCN(C)C)Cc1cc(NC(=O)c2cccs2)ccc1N(C)C. The molecule has 146 valence electrons. The molecule has 0 aliphatic rings. The van der Waals surface area contributed by atoms with Gasteiger partial charge in [-0.25, -0.2) is 0 Å². The number of rotatable bonds is 8. The lowest BCUT2D eigenvalue weighted by atomic mass is 10.1. The number of nitrogens with one attached hydrogen (secondary N) is 1. The second-order valence-electron chi connectivity index (χ2n) is 6.91. The third kappa shape index (κ3) is 6.08. The number of benzene rings is 1. The summed E-state index contributed by atoms with van der Waals surface area (Å²) in [5.74, 6) is -0.0841. The molecule has 7 heteroatoms. The maximum Gasteiger partial charge on any atom is 0.265 e. The third-order valence-corrected chi connectivity index (χ3v) is 5.06. The highest BCUT2D eigenvalue weighted by molar-refractivity contribution is 7.12. The van der Waals surface area contributed by atoms with Gasteiger partial charge < -0.3 is 20.0 Å². The lowest BCUT2D eigenvalue weighted by Crippen LogP contribution is -2.35. The summed E-state index contributed by atoms with van der Waals surface area (Å²) in [5, 5.41) is 4.82. The second kappa shape index (κ2) is 9.53. The highest BCUT2D eigenvalue weighted by atomic mass is 32.1. The average molecular weight is 389 g/mol. The number of hydrogen-bond donors (Lipinski definition) is 1. The van der Waals surface area contributed by atoms with Gasteiger partial charge in [-0.3, -0.25) is 9.59 Å². The van der Waals surface area contributed by atoms with Crippen molar-refractivity contribution in [2.24, 2.45) is 0 Å². The molecular weight excluding hydrogens is 360 g/mol. The van der Waals surface area contributed by atoms with Crippen LogP contribution in [-0.4, -0.2) is 62.9 Å². The maximum absolute atomic E-state index is 12.3. The van der Waals surface area contributed by atoms with Gasteiger partial charge in [0.15, 0.2) is 0 Å². The largest absolute Gasteiger partial charge is 0.377 e. The van der Waals surface area contributed by atoms with E-state index in [1.54, 1.807) is 13.0 Å². The standard InChI is InChI=1S/C20H28N4O2S/c1-15(25)24(11-10-22(2)3)14-16-13-17(8-9-18(16)23(4)5)21-20(26)19-7-6-12-27-19/h6-9,12-13H,10-11,14H2,1-5H3,(H,21,26). The zero-order valence-electron chi connectivity index (χ0n) is 16.7. The van der Waals surface area contributed by atoms with E-state index in [4.69, 9.17) is 0 Å². The van der Waals surface area contributed by atoms with Crippen LogP contribution in [0.25, 0.3) is 0 Å². The van der Waals surface area contributed by atoms with E-state index in [2.05, 4.69) is 10.2 Å². The Morgan fingerprint density at radius 2 is 1.81 bits per heavy atom.